The molecule has 1 N–H and O–H groups in total. The number of nitrogens with zero attached hydrogens (tertiary/aromatic N) is 4. The summed E-state index contributed by atoms with van der Waals surface area (Å²) in [6.45, 7) is 5.52. The average Bonchev–Trinajstić information content (AvgIpc) is 2.98. The minimum Gasteiger partial charge on any atom is -0.351 e. The van der Waals surface area contributed by atoms with Crippen LogP contribution in [0.2, 0.25) is 0 Å². The van der Waals surface area contributed by atoms with Crippen molar-refractivity contribution in [1.82, 2.24) is 25.2 Å². The highest BCUT2D eigenvalue weighted by Gasteiger charge is 2.42. The van der Waals surface area contributed by atoms with Crippen molar-refractivity contribution in [3.05, 3.63) is 11.9 Å². The predicted octanol–water partition coefficient (Wildman–Crippen LogP) is 0.901. The van der Waals surface area contributed by atoms with E-state index in [2.05, 4.69) is 29.5 Å². The first-order valence-electron chi connectivity index (χ1n) is 8.78. The lowest BCUT2D eigenvalue weighted by atomic mass is 9.83. The van der Waals surface area contributed by atoms with Crippen LogP contribution in [0.4, 0.5) is 0 Å². The van der Waals surface area contributed by atoms with E-state index in [0.29, 0.717) is 25.9 Å². The number of aryl methyl sites for hydroxylation is 2. The lowest BCUT2D eigenvalue weighted by Gasteiger charge is -2.30. The molecule has 2 amide bonds. The van der Waals surface area contributed by atoms with Crippen LogP contribution in [-0.4, -0.2) is 50.8 Å². The second-order valence-corrected chi connectivity index (χ2v) is 7.84. The topological polar surface area (TPSA) is 80.1 Å². The minimum atomic E-state index is -0.0956. The number of nitrogens with one attached hydrogen (secondary N) is 1. The normalized spacial score (nSPS) is 23.1. The van der Waals surface area contributed by atoms with Crippen molar-refractivity contribution in [2.45, 2.75) is 52.0 Å². The van der Waals surface area contributed by atoms with E-state index in [4.69, 9.17) is 0 Å². The molecule has 0 aromatic carbocycles. The number of amides is 2. The summed E-state index contributed by atoms with van der Waals surface area (Å²) in [6.07, 6.45) is 6.02. The van der Waals surface area contributed by atoms with Crippen LogP contribution in [0, 0.1) is 11.3 Å². The fraction of sp³-hybridized carbons (Fsp3) is 0.765. The number of aromatic nitrogens is 3. The maximum atomic E-state index is 12.5. The number of rotatable bonds is 5. The molecular formula is C17H27N5O2. The van der Waals surface area contributed by atoms with E-state index in [1.807, 2.05) is 18.1 Å². The molecular weight excluding hydrogens is 306 g/mol. The summed E-state index contributed by atoms with van der Waals surface area (Å²) in [4.78, 5) is 26.6. The molecule has 2 fully saturated rings. The molecule has 1 atom stereocenters. The molecule has 1 aliphatic heterocycles. The van der Waals surface area contributed by atoms with E-state index in [1.165, 1.54) is 0 Å². The van der Waals surface area contributed by atoms with Crippen molar-refractivity contribution in [2.24, 2.45) is 18.4 Å². The minimum absolute atomic E-state index is 0.0334. The van der Waals surface area contributed by atoms with Gasteiger partial charge in [0, 0.05) is 50.5 Å². The average molecular weight is 333 g/mol. The lowest BCUT2D eigenvalue weighted by molar-refractivity contribution is -0.131. The van der Waals surface area contributed by atoms with Crippen LogP contribution in [0.3, 0.4) is 0 Å². The number of carbonyl (C=O) groups excluding carboxylic acids is 2. The van der Waals surface area contributed by atoms with Gasteiger partial charge in [-0.15, -0.1) is 5.10 Å². The number of carbonyl (C=O) groups is 2. The molecule has 7 nitrogen and oxygen atoms in total. The standard InChI is InChI=1S/C17H27N5O2/c1-17(2)11-22(10-14(17)18-16(24)12-5-4-6-12)15(23)8-7-13-9-21(3)20-19-13/h9,12,14H,4-8,10-11H2,1-3H3,(H,18,24). The Hall–Kier alpha value is -1.92. The number of hydrogen-bond acceptors (Lipinski definition) is 4. The van der Waals surface area contributed by atoms with E-state index in [0.717, 1.165) is 25.0 Å². The molecule has 1 aromatic heterocycles. The number of hydrogen-bond donors (Lipinski definition) is 1. The summed E-state index contributed by atoms with van der Waals surface area (Å²) >= 11 is 0. The Morgan fingerprint density at radius 3 is 2.71 bits per heavy atom. The molecule has 2 heterocycles. The largest absolute Gasteiger partial charge is 0.351 e. The van der Waals surface area contributed by atoms with Crippen molar-refractivity contribution < 1.29 is 9.59 Å². The van der Waals surface area contributed by atoms with Crippen LogP contribution in [-0.2, 0) is 23.1 Å². The Balaban J connectivity index is 1.53. The molecule has 0 spiro atoms. The maximum Gasteiger partial charge on any atom is 0.223 e. The van der Waals surface area contributed by atoms with Crippen LogP contribution in [0.5, 0.6) is 0 Å². The number of likely N-dealkylation sites (tertiary alicyclic amines) is 1. The van der Waals surface area contributed by atoms with Gasteiger partial charge >= 0.3 is 0 Å². The van der Waals surface area contributed by atoms with Crippen LogP contribution >= 0.6 is 0 Å². The van der Waals surface area contributed by atoms with Gasteiger partial charge in [-0.1, -0.05) is 25.5 Å². The fourth-order valence-electron chi connectivity index (χ4n) is 3.43. The first-order valence-corrected chi connectivity index (χ1v) is 8.78. The zero-order chi connectivity index (χ0) is 17.3. The first-order chi connectivity index (χ1) is 11.3. The Kier molecular flexibility index (Phi) is 4.60. The van der Waals surface area contributed by atoms with Crippen molar-refractivity contribution in [3.63, 3.8) is 0 Å². The van der Waals surface area contributed by atoms with Crippen molar-refractivity contribution in [2.75, 3.05) is 13.1 Å². The highest BCUT2D eigenvalue weighted by atomic mass is 16.2. The van der Waals surface area contributed by atoms with E-state index < -0.39 is 0 Å². The Labute approximate surface area is 142 Å². The summed E-state index contributed by atoms with van der Waals surface area (Å²) in [5, 5.41) is 11.1. The smallest absolute Gasteiger partial charge is 0.223 e. The van der Waals surface area contributed by atoms with Crippen LogP contribution < -0.4 is 5.32 Å². The van der Waals surface area contributed by atoms with E-state index >= 15 is 0 Å². The van der Waals surface area contributed by atoms with Crippen LogP contribution in [0.1, 0.15) is 45.2 Å². The molecule has 7 heteroatoms. The molecule has 0 radical (unpaired) electrons. The SMILES string of the molecule is Cn1cc(CCC(=O)N2CC(NC(=O)C3CCC3)C(C)(C)C2)nn1. The molecule has 1 aliphatic carbocycles. The predicted molar refractivity (Wildman–Crippen MR) is 89.0 cm³/mol. The van der Waals surface area contributed by atoms with E-state index in [9.17, 15) is 9.59 Å². The molecule has 1 saturated heterocycles. The third-order valence-corrected chi connectivity index (χ3v) is 5.33. The highest BCUT2D eigenvalue weighted by molar-refractivity contribution is 5.80. The summed E-state index contributed by atoms with van der Waals surface area (Å²) in [5.74, 6) is 0.463. The van der Waals surface area contributed by atoms with Crippen LogP contribution in [0.25, 0.3) is 0 Å². The molecule has 24 heavy (non-hydrogen) atoms. The van der Waals surface area contributed by atoms with E-state index in [1.54, 1.807) is 4.68 Å². The third-order valence-electron chi connectivity index (χ3n) is 5.33. The van der Waals surface area contributed by atoms with Gasteiger partial charge in [-0.2, -0.15) is 0 Å². The van der Waals surface area contributed by atoms with Crippen molar-refractivity contribution >= 4 is 11.8 Å². The summed E-state index contributed by atoms with van der Waals surface area (Å²) in [6, 6.07) is 0.0334. The van der Waals surface area contributed by atoms with Gasteiger partial charge in [-0.05, 0) is 12.8 Å². The molecule has 2 aliphatic rings. The molecule has 132 valence electrons. The second-order valence-electron chi connectivity index (χ2n) is 7.84. The zero-order valence-corrected chi connectivity index (χ0v) is 14.8. The maximum absolute atomic E-state index is 12.5. The highest BCUT2D eigenvalue weighted by Crippen LogP contribution is 2.32. The summed E-state index contributed by atoms with van der Waals surface area (Å²) in [7, 11) is 1.82. The monoisotopic (exact) mass is 333 g/mol. The zero-order valence-electron chi connectivity index (χ0n) is 14.8. The van der Waals surface area contributed by atoms with Gasteiger partial charge in [0.2, 0.25) is 11.8 Å². The van der Waals surface area contributed by atoms with Gasteiger partial charge in [-0.3, -0.25) is 14.3 Å². The quantitative estimate of drug-likeness (QED) is 0.868. The summed E-state index contributed by atoms with van der Waals surface area (Å²) < 4.78 is 1.64. The van der Waals surface area contributed by atoms with Gasteiger partial charge < -0.3 is 10.2 Å². The van der Waals surface area contributed by atoms with E-state index in [-0.39, 0.29) is 29.2 Å². The molecule has 3 rings (SSSR count). The summed E-state index contributed by atoms with van der Waals surface area (Å²) in [5.41, 5.74) is 0.737. The van der Waals surface area contributed by atoms with Gasteiger partial charge in [0.1, 0.15) is 0 Å². The Bertz CT molecular complexity index is 620. The van der Waals surface area contributed by atoms with Gasteiger partial charge in [0.25, 0.3) is 0 Å². The Morgan fingerprint density at radius 1 is 1.38 bits per heavy atom. The third kappa shape index (κ3) is 3.60. The molecule has 1 saturated carbocycles. The van der Waals surface area contributed by atoms with Crippen LogP contribution in [0.15, 0.2) is 6.20 Å². The molecule has 1 unspecified atom stereocenters. The van der Waals surface area contributed by atoms with Gasteiger partial charge in [0.15, 0.2) is 0 Å². The second kappa shape index (κ2) is 6.53. The molecule has 1 aromatic rings. The van der Waals surface area contributed by atoms with Gasteiger partial charge in [0.05, 0.1) is 11.7 Å². The van der Waals surface area contributed by atoms with Gasteiger partial charge in [-0.25, -0.2) is 0 Å². The van der Waals surface area contributed by atoms with Crippen molar-refractivity contribution in [3.8, 4) is 0 Å². The molecule has 0 bridgehead atoms. The Morgan fingerprint density at radius 2 is 2.12 bits per heavy atom. The fourth-order valence-corrected chi connectivity index (χ4v) is 3.43. The first kappa shape index (κ1) is 16.9. The van der Waals surface area contributed by atoms with Crippen molar-refractivity contribution in [1.29, 1.82) is 0 Å². The lowest BCUT2D eigenvalue weighted by Crippen LogP contribution is -2.47.